The lowest BCUT2D eigenvalue weighted by atomic mass is 10.0. The van der Waals surface area contributed by atoms with Gasteiger partial charge in [0, 0.05) is 12.4 Å². The van der Waals surface area contributed by atoms with E-state index in [2.05, 4.69) is 0 Å². The van der Waals surface area contributed by atoms with E-state index in [-0.39, 0.29) is 6.04 Å². The second kappa shape index (κ2) is 6.10. The molecule has 0 radical (unpaired) electrons. The molecule has 1 atom stereocenters. The number of carbonyl (C=O) groups excluding carboxylic acids is 2. The first-order chi connectivity index (χ1) is 9.67. The summed E-state index contributed by atoms with van der Waals surface area (Å²) in [7, 11) is 2.64. The van der Waals surface area contributed by atoms with E-state index in [0.29, 0.717) is 6.54 Å². The first-order valence-corrected chi connectivity index (χ1v) is 6.11. The molecule has 0 aliphatic carbocycles. The van der Waals surface area contributed by atoms with Crippen molar-refractivity contribution in [3.8, 4) is 0 Å². The second-order valence-electron chi connectivity index (χ2n) is 4.22. The SMILES string of the molecule is COC(=O)N1C=CN(C(=O)OC)C(c2ccccc2)C1. The van der Waals surface area contributed by atoms with E-state index in [1.807, 2.05) is 30.3 Å². The molecule has 106 valence electrons. The smallest absolute Gasteiger partial charge is 0.414 e. The van der Waals surface area contributed by atoms with Crippen molar-refractivity contribution < 1.29 is 19.1 Å². The molecule has 1 unspecified atom stereocenters. The normalized spacial score (nSPS) is 17.8. The fourth-order valence-corrected chi connectivity index (χ4v) is 2.08. The molecule has 0 spiro atoms. The summed E-state index contributed by atoms with van der Waals surface area (Å²) in [5.74, 6) is 0. The predicted octanol–water partition coefficient (Wildman–Crippen LogP) is 2.35. The van der Waals surface area contributed by atoms with Gasteiger partial charge in [-0.3, -0.25) is 9.80 Å². The molecule has 0 aromatic heterocycles. The number of benzene rings is 1. The standard InChI is InChI=1S/C14H16N2O4/c1-19-13(17)15-8-9-16(14(18)20-2)12(10-15)11-6-4-3-5-7-11/h3-9,12H,10H2,1-2H3. The molecule has 20 heavy (non-hydrogen) atoms. The first kappa shape index (κ1) is 13.9. The molecule has 6 heteroatoms. The molecular weight excluding hydrogens is 260 g/mol. The van der Waals surface area contributed by atoms with Crippen LogP contribution in [0.1, 0.15) is 11.6 Å². The molecular formula is C14H16N2O4. The molecule has 1 aromatic carbocycles. The average Bonchev–Trinajstić information content (AvgIpc) is 2.53. The molecule has 2 amide bonds. The third kappa shape index (κ3) is 2.74. The van der Waals surface area contributed by atoms with Crippen LogP contribution >= 0.6 is 0 Å². The van der Waals surface area contributed by atoms with E-state index >= 15 is 0 Å². The van der Waals surface area contributed by atoms with Crippen LogP contribution in [0, 0.1) is 0 Å². The van der Waals surface area contributed by atoms with Crippen LogP contribution in [0.25, 0.3) is 0 Å². The number of hydrogen-bond acceptors (Lipinski definition) is 4. The quantitative estimate of drug-likeness (QED) is 0.790. The Morgan fingerprint density at radius 3 is 2.30 bits per heavy atom. The van der Waals surface area contributed by atoms with Gasteiger partial charge in [0.05, 0.1) is 26.8 Å². The predicted molar refractivity (Wildman–Crippen MR) is 71.7 cm³/mol. The van der Waals surface area contributed by atoms with Crippen LogP contribution in [0.3, 0.4) is 0 Å². The minimum atomic E-state index is -0.473. The van der Waals surface area contributed by atoms with Gasteiger partial charge in [0.1, 0.15) is 0 Å². The number of carbonyl (C=O) groups is 2. The van der Waals surface area contributed by atoms with Gasteiger partial charge in [0.15, 0.2) is 0 Å². The van der Waals surface area contributed by atoms with Gasteiger partial charge >= 0.3 is 12.2 Å². The number of hydrogen-bond donors (Lipinski definition) is 0. The Morgan fingerprint density at radius 2 is 1.70 bits per heavy atom. The molecule has 0 N–H and O–H groups in total. The van der Waals surface area contributed by atoms with E-state index in [0.717, 1.165) is 5.56 Å². The monoisotopic (exact) mass is 276 g/mol. The van der Waals surface area contributed by atoms with Crippen LogP contribution < -0.4 is 0 Å². The maximum absolute atomic E-state index is 11.8. The van der Waals surface area contributed by atoms with Crippen LogP contribution in [0.15, 0.2) is 42.7 Å². The molecule has 6 nitrogen and oxygen atoms in total. The topological polar surface area (TPSA) is 59.1 Å². The Labute approximate surface area is 117 Å². The van der Waals surface area contributed by atoms with Crippen LogP contribution in [-0.4, -0.2) is 42.8 Å². The third-order valence-corrected chi connectivity index (χ3v) is 3.09. The lowest BCUT2D eigenvalue weighted by Gasteiger charge is -2.35. The van der Waals surface area contributed by atoms with E-state index in [9.17, 15) is 9.59 Å². The zero-order valence-electron chi connectivity index (χ0n) is 11.4. The van der Waals surface area contributed by atoms with Gasteiger partial charge < -0.3 is 9.47 Å². The Morgan fingerprint density at radius 1 is 1.05 bits per heavy atom. The van der Waals surface area contributed by atoms with Crippen molar-refractivity contribution in [2.75, 3.05) is 20.8 Å². The summed E-state index contributed by atoms with van der Waals surface area (Å²) in [6.45, 7) is 0.308. The van der Waals surface area contributed by atoms with Gasteiger partial charge in [0.25, 0.3) is 0 Å². The summed E-state index contributed by atoms with van der Waals surface area (Å²) in [5, 5.41) is 0. The lowest BCUT2D eigenvalue weighted by Crippen LogP contribution is -2.43. The lowest BCUT2D eigenvalue weighted by molar-refractivity contribution is 0.0983. The zero-order chi connectivity index (χ0) is 14.5. The molecule has 0 saturated carbocycles. The van der Waals surface area contributed by atoms with E-state index in [1.54, 1.807) is 0 Å². The average molecular weight is 276 g/mol. The van der Waals surface area contributed by atoms with Gasteiger partial charge in [-0.05, 0) is 5.56 Å². The molecule has 1 heterocycles. The minimum absolute atomic E-state index is 0.308. The number of nitrogens with zero attached hydrogens (tertiary/aromatic N) is 2. The van der Waals surface area contributed by atoms with Gasteiger partial charge in [0.2, 0.25) is 0 Å². The Bertz CT molecular complexity index is 515. The second-order valence-corrected chi connectivity index (χ2v) is 4.22. The van der Waals surface area contributed by atoms with Crippen molar-refractivity contribution in [3.05, 3.63) is 48.3 Å². The van der Waals surface area contributed by atoms with Crippen molar-refractivity contribution in [1.29, 1.82) is 0 Å². The maximum atomic E-state index is 11.8. The summed E-state index contributed by atoms with van der Waals surface area (Å²) in [5.41, 5.74) is 0.913. The van der Waals surface area contributed by atoms with Crippen molar-refractivity contribution in [2.24, 2.45) is 0 Å². The zero-order valence-corrected chi connectivity index (χ0v) is 11.4. The fraction of sp³-hybridized carbons (Fsp3) is 0.286. The van der Waals surface area contributed by atoms with Crippen LogP contribution in [-0.2, 0) is 9.47 Å². The number of ether oxygens (including phenoxy) is 2. The number of rotatable bonds is 1. The molecule has 0 saturated heterocycles. The van der Waals surface area contributed by atoms with Crippen molar-refractivity contribution >= 4 is 12.2 Å². The van der Waals surface area contributed by atoms with Crippen LogP contribution in [0.5, 0.6) is 0 Å². The van der Waals surface area contributed by atoms with Gasteiger partial charge in [-0.2, -0.15) is 0 Å². The van der Waals surface area contributed by atoms with E-state index < -0.39 is 12.2 Å². The van der Waals surface area contributed by atoms with Crippen LogP contribution in [0.4, 0.5) is 9.59 Å². The minimum Gasteiger partial charge on any atom is -0.452 e. The molecule has 2 rings (SSSR count). The van der Waals surface area contributed by atoms with Crippen molar-refractivity contribution in [1.82, 2.24) is 9.80 Å². The summed E-state index contributed by atoms with van der Waals surface area (Å²) in [4.78, 5) is 26.3. The van der Waals surface area contributed by atoms with Gasteiger partial charge in [-0.1, -0.05) is 30.3 Å². The largest absolute Gasteiger partial charge is 0.452 e. The highest BCUT2D eigenvalue weighted by Gasteiger charge is 2.31. The fourth-order valence-electron chi connectivity index (χ4n) is 2.08. The van der Waals surface area contributed by atoms with E-state index in [1.165, 1.54) is 36.4 Å². The summed E-state index contributed by atoms with van der Waals surface area (Å²) in [6.07, 6.45) is 2.08. The molecule has 0 fully saturated rings. The third-order valence-electron chi connectivity index (χ3n) is 3.09. The Kier molecular flexibility index (Phi) is 4.24. The van der Waals surface area contributed by atoms with Crippen LogP contribution in [0.2, 0.25) is 0 Å². The first-order valence-electron chi connectivity index (χ1n) is 6.11. The number of methoxy groups -OCH3 is 2. The summed E-state index contributed by atoms with van der Waals surface area (Å²) >= 11 is 0. The van der Waals surface area contributed by atoms with Gasteiger partial charge in [-0.25, -0.2) is 9.59 Å². The Hall–Kier alpha value is -2.50. The summed E-state index contributed by atoms with van der Waals surface area (Å²) < 4.78 is 9.46. The highest BCUT2D eigenvalue weighted by atomic mass is 16.5. The molecule has 1 aliphatic rings. The highest BCUT2D eigenvalue weighted by Crippen LogP contribution is 2.26. The number of amides is 2. The maximum Gasteiger partial charge on any atom is 0.414 e. The molecule has 0 bridgehead atoms. The molecule has 1 aliphatic heterocycles. The summed E-state index contributed by atoms with van der Waals surface area (Å²) in [6, 6.07) is 9.14. The van der Waals surface area contributed by atoms with Crippen molar-refractivity contribution in [3.63, 3.8) is 0 Å². The highest BCUT2D eigenvalue weighted by molar-refractivity contribution is 5.72. The van der Waals surface area contributed by atoms with Gasteiger partial charge in [-0.15, -0.1) is 0 Å². The van der Waals surface area contributed by atoms with E-state index in [4.69, 9.17) is 9.47 Å². The molecule has 1 aromatic rings. The Balaban J connectivity index is 2.31. The van der Waals surface area contributed by atoms with Crippen molar-refractivity contribution in [2.45, 2.75) is 6.04 Å².